The maximum Gasteiger partial charge on any atom is 0.416 e. The van der Waals surface area contributed by atoms with E-state index < -0.39 is 17.8 Å². The topological polar surface area (TPSA) is 55.5 Å². The quantitative estimate of drug-likeness (QED) is 0.838. The summed E-state index contributed by atoms with van der Waals surface area (Å²) in [4.78, 5) is 0. The van der Waals surface area contributed by atoms with Crippen molar-refractivity contribution in [1.82, 2.24) is 0 Å². The van der Waals surface area contributed by atoms with E-state index in [1.165, 1.54) is 13.2 Å². The molecule has 0 heterocycles. The molecule has 0 amide bonds. The van der Waals surface area contributed by atoms with Crippen molar-refractivity contribution in [1.29, 1.82) is 0 Å². The van der Waals surface area contributed by atoms with Gasteiger partial charge in [-0.3, -0.25) is 0 Å². The van der Waals surface area contributed by atoms with E-state index >= 15 is 0 Å². The highest BCUT2D eigenvalue weighted by Gasteiger charge is 2.31. The Labute approximate surface area is 90.6 Å². The van der Waals surface area contributed by atoms with Crippen LogP contribution in [0.3, 0.4) is 0 Å². The van der Waals surface area contributed by atoms with Crippen LogP contribution in [0.4, 0.5) is 13.2 Å². The Bertz CT molecular complexity index is 366. The number of ether oxygens (including phenoxy) is 1. The van der Waals surface area contributed by atoms with Crippen LogP contribution >= 0.6 is 0 Å². The summed E-state index contributed by atoms with van der Waals surface area (Å²) >= 11 is 0. The van der Waals surface area contributed by atoms with Gasteiger partial charge in [-0.1, -0.05) is 0 Å². The molecular formula is C10H12F3NO2. The van der Waals surface area contributed by atoms with Gasteiger partial charge in [0.1, 0.15) is 5.75 Å². The summed E-state index contributed by atoms with van der Waals surface area (Å²) in [6, 6.07) is 3.06. The number of methoxy groups -OCH3 is 1. The predicted molar refractivity (Wildman–Crippen MR) is 52.0 cm³/mol. The Morgan fingerprint density at radius 3 is 2.44 bits per heavy atom. The summed E-state index contributed by atoms with van der Waals surface area (Å²) in [7, 11) is 1.26. The van der Waals surface area contributed by atoms with Crippen molar-refractivity contribution in [2.45, 2.75) is 12.3 Å². The van der Waals surface area contributed by atoms with Gasteiger partial charge in [-0.2, -0.15) is 13.2 Å². The molecule has 1 aromatic carbocycles. The zero-order chi connectivity index (χ0) is 12.3. The summed E-state index contributed by atoms with van der Waals surface area (Å²) in [6.07, 6.45) is -5.60. The van der Waals surface area contributed by atoms with Crippen LogP contribution in [0.1, 0.15) is 17.2 Å². The van der Waals surface area contributed by atoms with E-state index in [2.05, 4.69) is 0 Å². The van der Waals surface area contributed by atoms with Crippen molar-refractivity contribution in [2.75, 3.05) is 13.7 Å². The molecule has 0 bridgehead atoms. The molecule has 0 saturated heterocycles. The number of benzene rings is 1. The third-order valence-electron chi connectivity index (χ3n) is 2.10. The smallest absolute Gasteiger partial charge is 0.416 e. The van der Waals surface area contributed by atoms with Gasteiger partial charge in [-0.25, -0.2) is 0 Å². The van der Waals surface area contributed by atoms with Crippen LogP contribution in [-0.2, 0) is 6.18 Å². The van der Waals surface area contributed by atoms with Crippen LogP contribution in [0.25, 0.3) is 0 Å². The summed E-state index contributed by atoms with van der Waals surface area (Å²) in [5.41, 5.74) is 4.41. The Morgan fingerprint density at radius 2 is 2.00 bits per heavy atom. The van der Waals surface area contributed by atoms with Crippen LogP contribution in [0, 0.1) is 0 Å². The van der Waals surface area contributed by atoms with Crippen LogP contribution in [-0.4, -0.2) is 18.8 Å². The van der Waals surface area contributed by atoms with Gasteiger partial charge < -0.3 is 15.6 Å². The highest BCUT2D eigenvalue weighted by molar-refractivity contribution is 5.37. The highest BCUT2D eigenvalue weighted by atomic mass is 19.4. The van der Waals surface area contributed by atoms with Crippen LogP contribution in [0.5, 0.6) is 5.75 Å². The number of aliphatic hydroxyl groups excluding tert-OH is 1. The molecule has 1 aromatic rings. The second-order valence-electron chi connectivity index (χ2n) is 3.24. The molecule has 16 heavy (non-hydrogen) atoms. The molecule has 3 nitrogen and oxygen atoms in total. The second kappa shape index (κ2) is 4.71. The standard InChI is InChI=1S/C10H12F3NO2/c1-16-8-3-6(9(15)5-14)2-7(4-8)10(11,12)13/h2-4,9,15H,5,14H2,1H3. The fourth-order valence-corrected chi connectivity index (χ4v) is 1.23. The maximum atomic E-state index is 12.5. The average Bonchev–Trinajstić information content (AvgIpc) is 2.26. The summed E-state index contributed by atoms with van der Waals surface area (Å²) in [6.45, 7) is -0.148. The lowest BCUT2D eigenvalue weighted by molar-refractivity contribution is -0.137. The number of aliphatic hydroxyl groups is 1. The predicted octanol–water partition coefficient (Wildman–Crippen LogP) is 1.71. The number of rotatable bonds is 3. The summed E-state index contributed by atoms with van der Waals surface area (Å²) in [5, 5.41) is 9.39. The van der Waals surface area contributed by atoms with Crippen molar-refractivity contribution in [2.24, 2.45) is 5.73 Å². The monoisotopic (exact) mass is 235 g/mol. The Kier molecular flexibility index (Phi) is 3.77. The fraction of sp³-hybridized carbons (Fsp3) is 0.400. The first kappa shape index (κ1) is 12.8. The van der Waals surface area contributed by atoms with Gasteiger partial charge in [0, 0.05) is 6.54 Å². The fourth-order valence-electron chi connectivity index (χ4n) is 1.23. The van der Waals surface area contributed by atoms with Gasteiger partial charge in [-0.05, 0) is 23.8 Å². The molecule has 6 heteroatoms. The van der Waals surface area contributed by atoms with Gasteiger partial charge in [0.25, 0.3) is 0 Å². The molecule has 1 unspecified atom stereocenters. The molecule has 3 N–H and O–H groups in total. The van der Waals surface area contributed by atoms with Crippen molar-refractivity contribution in [3.8, 4) is 5.75 Å². The third-order valence-corrected chi connectivity index (χ3v) is 2.10. The molecule has 0 aliphatic rings. The molecule has 0 radical (unpaired) electrons. The van der Waals surface area contributed by atoms with E-state index in [0.717, 1.165) is 12.1 Å². The zero-order valence-corrected chi connectivity index (χ0v) is 8.58. The first-order valence-electron chi connectivity index (χ1n) is 4.52. The summed E-state index contributed by atoms with van der Waals surface area (Å²) < 4.78 is 42.2. The molecule has 0 aliphatic heterocycles. The zero-order valence-electron chi connectivity index (χ0n) is 8.58. The number of halogens is 3. The summed E-state index contributed by atoms with van der Waals surface area (Å²) in [5.74, 6) is 0.0392. The van der Waals surface area contributed by atoms with E-state index in [0.29, 0.717) is 0 Å². The molecule has 0 aromatic heterocycles. The first-order chi connectivity index (χ1) is 7.38. The van der Waals surface area contributed by atoms with Gasteiger partial charge in [0.2, 0.25) is 0 Å². The van der Waals surface area contributed by atoms with Gasteiger partial charge >= 0.3 is 6.18 Å². The first-order valence-corrected chi connectivity index (χ1v) is 4.52. The van der Waals surface area contributed by atoms with E-state index in [4.69, 9.17) is 10.5 Å². The normalized spacial score (nSPS) is 13.6. The number of hydrogen-bond acceptors (Lipinski definition) is 3. The highest BCUT2D eigenvalue weighted by Crippen LogP contribution is 2.33. The van der Waals surface area contributed by atoms with Crippen LogP contribution < -0.4 is 10.5 Å². The Hall–Kier alpha value is -1.27. The van der Waals surface area contributed by atoms with Crippen LogP contribution in [0.2, 0.25) is 0 Å². The van der Waals surface area contributed by atoms with Crippen molar-refractivity contribution in [3.05, 3.63) is 29.3 Å². The molecule has 0 spiro atoms. The number of hydrogen-bond donors (Lipinski definition) is 2. The van der Waals surface area contributed by atoms with Crippen molar-refractivity contribution in [3.63, 3.8) is 0 Å². The molecule has 0 aliphatic carbocycles. The van der Waals surface area contributed by atoms with Gasteiger partial charge in [0.05, 0.1) is 18.8 Å². The van der Waals surface area contributed by atoms with Gasteiger partial charge in [0.15, 0.2) is 0 Å². The largest absolute Gasteiger partial charge is 0.497 e. The Morgan fingerprint density at radius 1 is 1.38 bits per heavy atom. The molecule has 1 rings (SSSR count). The molecule has 0 saturated carbocycles. The number of alkyl halides is 3. The molecular weight excluding hydrogens is 223 g/mol. The van der Waals surface area contributed by atoms with Crippen LogP contribution in [0.15, 0.2) is 18.2 Å². The van der Waals surface area contributed by atoms with E-state index in [1.54, 1.807) is 0 Å². The lowest BCUT2D eigenvalue weighted by atomic mass is 10.0. The lowest BCUT2D eigenvalue weighted by Gasteiger charge is -2.14. The molecule has 90 valence electrons. The molecule has 1 atom stereocenters. The SMILES string of the molecule is COc1cc(C(O)CN)cc(C(F)(F)F)c1. The maximum absolute atomic E-state index is 12.5. The minimum Gasteiger partial charge on any atom is -0.497 e. The number of nitrogens with two attached hydrogens (primary N) is 1. The van der Waals surface area contributed by atoms with Crippen molar-refractivity contribution >= 4 is 0 Å². The molecule has 0 fully saturated rings. The lowest BCUT2D eigenvalue weighted by Crippen LogP contribution is -2.13. The van der Waals surface area contributed by atoms with E-state index in [9.17, 15) is 18.3 Å². The average molecular weight is 235 g/mol. The second-order valence-corrected chi connectivity index (χ2v) is 3.24. The minimum atomic E-state index is -4.47. The van der Waals surface area contributed by atoms with Crippen molar-refractivity contribution < 1.29 is 23.0 Å². The van der Waals surface area contributed by atoms with E-state index in [-0.39, 0.29) is 17.9 Å². The third kappa shape index (κ3) is 2.86. The minimum absolute atomic E-state index is 0.0392. The Balaban J connectivity index is 3.21. The van der Waals surface area contributed by atoms with E-state index in [1.807, 2.05) is 0 Å². The van der Waals surface area contributed by atoms with Gasteiger partial charge in [-0.15, -0.1) is 0 Å².